The van der Waals surface area contributed by atoms with Crippen LogP contribution in [0.1, 0.15) is 41.0 Å². The third kappa shape index (κ3) is 3.37. The maximum Gasteiger partial charge on any atom is 0.261 e. The Morgan fingerprint density at radius 2 is 1.96 bits per heavy atom. The molecular weight excluding hydrogens is 390 g/mol. The Morgan fingerprint density at radius 1 is 1.30 bits per heavy atom. The third-order valence-electron chi connectivity index (χ3n) is 4.81. The fraction of sp³-hybridized carbons (Fsp3) is 0.471. The second-order valence-corrected chi connectivity index (χ2v) is 9.49. The number of thioether (sulfide) groups is 1. The van der Waals surface area contributed by atoms with E-state index < -0.39 is 27.9 Å². The molecule has 146 valence electrons. The number of rotatable bonds is 5. The molecule has 1 N–H and O–H groups in total. The van der Waals surface area contributed by atoms with Crippen LogP contribution in [0.3, 0.4) is 0 Å². The molecule has 8 nitrogen and oxygen atoms in total. The monoisotopic (exact) mass is 411 g/mol. The lowest BCUT2D eigenvalue weighted by atomic mass is 10.1. The summed E-state index contributed by atoms with van der Waals surface area (Å²) in [5, 5.41) is 2.82. The van der Waals surface area contributed by atoms with Crippen molar-refractivity contribution < 1.29 is 22.8 Å². The molecule has 2 unspecified atom stereocenters. The van der Waals surface area contributed by atoms with Crippen molar-refractivity contribution in [3.8, 4) is 0 Å². The van der Waals surface area contributed by atoms with Gasteiger partial charge in [-0.05, 0) is 31.5 Å². The molecule has 3 amide bonds. The zero-order valence-electron chi connectivity index (χ0n) is 15.3. The van der Waals surface area contributed by atoms with Crippen LogP contribution < -0.4 is 5.32 Å². The second kappa shape index (κ2) is 7.25. The van der Waals surface area contributed by atoms with Gasteiger partial charge in [-0.3, -0.25) is 19.3 Å². The summed E-state index contributed by atoms with van der Waals surface area (Å²) < 4.78 is 27.3. The second-order valence-electron chi connectivity index (χ2n) is 6.60. The number of carbonyl (C=O) groups is 3. The van der Waals surface area contributed by atoms with Crippen molar-refractivity contribution in [3.05, 3.63) is 29.3 Å². The Hall–Kier alpha value is -1.91. The summed E-state index contributed by atoms with van der Waals surface area (Å²) in [6.07, 6.45) is 0.743. The minimum absolute atomic E-state index is 0.0492. The summed E-state index contributed by atoms with van der Waals surface area (Å²) >= 11 is 1.36. The molecule has 27 heavy (non-hydrogen) atoms. The topological polar surface area (TPSA) is 104 Å². The van der Waals surface area contributed by atoms with Gasteiger partial charge in [0.1, 0.15) is 6.04 Å². The highest BCUT2D eigenvalue weighted by Crippen LogP contribution is 2.31. The standard InChI is InChI=1S/C17H21N3O5S2/c1-4-10(2)18-15(21)14-8-26-9-20(14)27(24,25)11-5-6-12-13(7-11)17(23)19(3)16(12)22/h5-7,10,14H,4,8-9H2,1-3H3,(H,18,21). The normalized spacial score (nSPS) is 21.4. The summed E-state index contributed by atoms with van der Waals surface area (Å²) in [5.74, 6) is -0.794. The molecule has 0 aliphatic carbocycles. The number of imide groups is 1. The number of sulfonamides is 1. The lowest BCUT2D eigenvalue weighted by Crippen LogP contribution is -2.49. The van der Waals surface area contributed by atoms with Crippen molar-refractivity contribution >= 4 is 39.5 Å². The number of carbonyl (C=O) groups excluding carboxylic acids is 3. The van der Waals surface area contributed by atoms with Crippen LogP contribution in [-0.2, 0) is 14.8 Å². The molecule has 3 rings (SSSR count). The van der Waals surface area contributed by atoms with Gasteiger partial charge in [0.2, 0.25) is 15.9 Å². The van der Waals surface area contributed by atoms with Crippen molar-refractivity contribution in [2.75, 3.05) is 18.7 Å². The van der Waals surface area contributed by atoms with Gasteiger partial charge >= 0.3 is 0 Å². The Labute approximate surface area is 162 Å². The highest BCUT2D eigenvalue weighted by molar-refractivity contribution is 8.00. The summed E-state index contributed by atoms with van der Waals surface area (Å²) in [7, 11) is -2.63. The van der Waals surface area contributed by atoms with Gasteiger partial charge in [-0.1, -0.05) is 6.92 Å². The highest BCUT2D eigenvalue weighted by atomic mass is 32.2. The lowest BCUT2D eigenvalue weighted by molar-refractivity contribution is -0.124. The Bertz CT molecular complexity index is 915. The first-order valence-corrected chi connectivity index (χ1v) is 11.1. The van der Waals surface area contributed by atoms with Crippen LogP contribution in [0, 0.1) is 0 Å². The van der Waals surface area contributed by atoms with Crippen LogP contribution >= 0.6 is 11.8 Å². The molecule has 0 spiro atoms. The molecule has 2 aliphatic heterocycles. The van der Waals surface area contributed by atoms with Crippen LogP contribution in [-0.4, -0.2) is 66.1 Å². The number of hydrogen-bond donors (Lipinski definition) is 1. The SMILES string of the molecule is CCC(C)NC(=O)C1CSCN1S(=O)(=O)c1ccc2c(c1)C(=O)N(C)C2=O. The van der Waals surface area contributed by atoms with E-state index >= 15 is 0 Å². The Kier molecular flexibility index (Phi) is 5.33. The summed E-state index contributed by atoms with van der Waals surface area (Å²) in [4.78, 5) is 37.5. The molecule has 2 aliphatic rings. The van der Waals surface area contributed by atoms with E-state index in [1.54, 1.807) is 0 Å². The first-order chi connectivity index (χ1) is 12.7. The third-order valence-corrected chi connectivity index (χ3v) is 7.84. The smallest absolute Gasteiger partial charge is 0.261 e. The zero-order valence-corrected chi connectivity index (χ0v) is 16.9. The molecule has 2 atom stereocenters. The maximum atomic E-state index is 13.1. The fourth-order valence-corrected chi connectivity index (χ4v) is 6.12. The van der Waals surface area contributed by atoms with Crippen molar-refractivity contribution in [1.29, 1.82) is 0 Å². The van der Waals surface area contributed by atoms with E-state index in [0.29, 0.717) is 5.75 Å². The van der Waals surface area contributed by atoms with Gasteiger partial charge in [-0.15, -0.1) is 11.8 Å². The first-order valence-electron chi connectivity index (χ1n) is 8.54. The number of nitrogens with zero attached hydrogens (tertiary/aromatic N) is 2. The summed E-state index contributed by atoms with van der Waals surface area (Å²) in [6, 6.07) is 3.03. The summed E-state index contributed by atoms with van der Waals surface area (Å²) in [6.45, 7) is 3.79. The van der Waals surface area contributed by atoms with Gasteiger partial charge in [0.25, 0.3) is 11.8 Å². The number of fused-ring (bicyclic) bond motifs is 1. The molecule has 2 heterocycles. The van der Waals surface area contributed by atoms with E-state index in [9.17, 15) is 22.8 Å². The van der Waals surface area contributed by atoms with Gasteiger partial charge in [-0.25, -0.2) is 8.42 Å². The van der Waals surface area contributed by atoms with Gasteiger partial charge < -0.3 is 5.32 Å². The van der Waals surface area contributed by atoms with Crippen LogP contribution in [0.2, 0.25) is 0 Å². The van der Waals surface area contributed by atoms with Crippen LogP contribution in [0.25, 0.3) is 0 Å². The molecule has 0 aromatic heterocycles. The first kappa shape index (κ1) is 19.8. The van der Waals surface area contributed by atoms with E-state index in [1.807, 2.05) is 13.8 Å². The molecule has 10 heteroatoms. The minimum atomic E-state index is -3.99. The zero-order chi connectivity index (χ0) is 19.9. The molecule has 1 aromatic rings. The predicted octanol–water partition coefficient (Wildman–Crippen LogP) is 0.891. The quantitative estimate of drug-likeness (QED) is 0.722. The number of hydrogen-bond acceptors (Lipinski definition) is 6. The van der Waals surface area contributed by atoms with E-state index in [4.69, 9.17) is 0 Å². The summed E-state index contributed by atoms with van der Waals surface area (Å²) in [5.41, 5.74) is 0.249. The molecule has 1 aromatic carbocycles. The number of benzene rings is 1. The molecule has 0 radical (unpaired) electrons. The fourth-order valence-electron chi connectivity index (χ4n) is 2.95. The van der Waals surface area contributed by atoms with Crippen LogP contribution in [0.4, 0.5) is 0 Å². The molecule has 1 saturated heterocycles. The molecule has 1 fully saturated rings. The Balaban J connectivity index is 1.92. The predicted molar refractivity (Wildman–Crippen MR) is 101 cm³/mol. The van der Waals surface area contributed by atoms with Gasteiger partial charge in [0.15, 0.2) is 0 Å². The van der Waals surface area contributed by atoms with Crippen LogP contribution in [0.5, 0.6) is 0 Å². The Morgan fingerprint density at radius 3 is 2.63 bits per heavy atom. The van der Waals surface area contributed by atoms with Gasteiger partial charge in [0.05, 0.1) is 21.9 Å². The largest absolute Gasteiger partial charge is 0.352 e. The average Bonchev–Trinajstić information content (AvgIpc) is 3.23. The molecule has 0 bridgehead atoms. The lowest BCUT2D eigenvalue weighted by Gasteiger charge is -2.24. The number of nitrogens with one attached hydrogen (secondary N) is 1. The van der Waals surface area contributed by atoms with Crippen LogP contribution in [0.15, 0.2) is 23.1 Å². The van der Waals surface area contributed by atoms with Gasteiger partial charge in [-0.2, -0.15) is 4.31 Å². The van der Waals surface area contributed by atoms with Crippen molar-refractivity contribution in [2.24, 2.45) is 0 Å². The minimum Gasteiger partial charge on any atom is -0.352 e. The molecular formula is C17H21N3O5S2. The molecule has 0 saturated carbocycles. The highest BCUT2D eigenvalue weighted by Gasteiger charge is 2.41. The average molecular weight is 412 g/mol. The van der Waals surface area contributed by atoms with Gasteiger partial charge in [0, 0.05) is 18.8 Å². The van der Waals surface area contributed by atoms with E-state index in [2.05, 4.69) is 5.32 Å². The van der Waals surface area contributed by atoms with Crippen molar-refractivity contribution in [3.63, 3.8) is 0 Å². The van der Waals surface area contributed by atoms with Crippen molar-refractivity contribution in [1.82, 2.24) is 14.5 Å². The number of amides is 3. The van der Waals surface area contributed by atoms with Crippen molar-refractivity contribution in [2.45, 2.75) is 37.2 Å². The van der Waals surface area contributed by atoms with E-state index in [0.717, 1.165) is 15.6 Å². The van der Waals surface area contributed by atoms with E-state index in [1.165, 1.54) is 37.0 Å². The van der Waals surface area contributed by atoms with E-state index in [-0.39, 0.29) is 33.8 Å². The maximum absolute atomic E-state index is 13.1.